The molecule has 1 atom stereocenters. The van der Waals surface area contributed by atoms with Crippen molar-refractivity contribution in [2.75, 3.05) is 19.6 Å². The van der Waals surface area contributed by atoms with Crippen molar-refractivity contribution >= 4 is 11.8 Å². The van der Waals surface area contributed by atoms with E-state index in [0.29, 0.717) is 13.0 Å². The van der Waals surface area contributed by atoms with Gasteiger partial charge in [-0.15, -0.1) is 0 Å². The smallest absolute Gasteiger partial charge is 0.226 e. The zero-order valence-electron chi connectivity index (χ0n) is 13.1. The van der Waals surface area contributed by atoms with Crippen LogP contribution in [0.25, 0.3) is 0 Å². The van der Waals surface area contributed by atoms with Crippen LogP contribution in [-0.2, 0) is 9.59 Å². The van der Waals surface area contributed by atoms with E-state index in [9.17, 15) is 9.59 Å². The number of hydrogen-bond donors (Lipinski definition) is 3. The molecule has 0 saturated carbocycles. The largest absolute Gasteiger partial charge is 0.355 e. The summed E-state index contributed by atoms with van der Waals surface area (Å²) in [6.07, 6.45) is 3.90. The van der Waals surface area contributed by atoms with Crippen LogP contribution >= 0.6 is 0 Å². The molecule has 116 valence electrons. The van der Waals surface area contributed by atoms with Gasteiger partial charge < -0.3 is 16.0 Å². The van der Waals surface area contributed by atoms with Gasteiger partial charge in [-0.1, -0.05) is 13.8 Å². The van der Waals surface area contributed by atoms with Crippen molar-refractivity contribution in [1.82, 2.24) is 16.0 Å². The molecule has 1 heterocycles. The number of nitrogens with one attached hydrogen (secondary N) is 3. The molecule has 3 N–H and O–H groups in total. The molecule has 0 aromatic rings. The predicted octanol–water partition coefficient (Wildman–Crippen LogP) is 1.19. The van der Waals surface area contributed by atoms with Gasteiger partial charge in [0.05, 0.1) is 5.41 Å². The molecule has 0 bridgehead atoms. The Morgan fingerprint density at radius 2 is 1.90 bits per heavy atom. The minimum Gasteiger partial charge on any atom is -0.355 e. The van der Waals surface area contributed by atoms with Gasteiger partial charge in [-0.25, -0.2) is 0 Å². The molecule has 0 aromatic heterocycles. The first-order valence-corrected chi connectivity index (χ1v) is 7.82. The van der Waals surface area contributed by atoms with E-state index in [1.165, 1.54) is 0 Å². The Kier molecular flexibility index (Phi) is 6.99. The van der Waals surface area contributed by atoms with Gasteiger partial charge >= 0.3 is 0 Å². The van der Waals surface area contributed by atoms with Crippen LogP contribution in [0.1, 0.15) is 52.9 Å². The maximum atomic E-state index is 12.3. The van der Waals surface area contributed by atoms with E-state index in [2.05, 4.69) is 22.9 Å². The molecule has 0 radical (unpaired) electrons. The third-order valence-electron chi connectivity index (χ3n) is 4.38. The molecular formula is C15H29N3O2. The molecule has 0 spiro atoms. The van der Waals surface area contributed by atoms with E-state index >= 15 is 0 Å². The van der Waals surface area contributed by atoms with Gasteiger partial charge in [0.25, 0.3) is 0 Å². The van der Waals surface area contributed by atoms with E-state index in [0.717, 1.165) is 38.8 Å². The summed E-state index contributed by atoms with van der Waals surface area (Å²) in [6.45, 7) is 8.31. The molecule has 0 aliphatic carbocycles. The average molecular weight is 283 g/mol. The second-order valence-electron chi connectivity index (χ2n) is 5.77. The van der Waals surface area contributed by atoms with Crippen LogP contribution in [0.15, 0.2) is 0 Å². The highest BCUT2D eigenvalue weighted by molar-refractivity contribution is 5.83. The molecule has 1 rings (SSSR count). The van der Waals surface area contributed by atoms with Gasteiger partial charge in [0, 0.05) is 19.0 Å². The lowest BCUT2D eigenvalue weighted by Gasteiger charge is -2.35. The van der Waals surface area contributed by atoms with E-state index < -0.39 is 0 Å². The summed E-state index contributed by atoms with van der Waals surface area (Å²) in [7, 11) is 0. The average Bonchev–Trinajstić information content (AvgIpc) is 2.47. The summed E-state index contributed by atoms with van der Waals surface area (Å²) in [6, 6.07) is 0.199. The zero-order valence-corrected chi connectivity index (χ0v) is 13.1. The molecule has 0 aromatic carbocycles. The fourth-order valence-electron chi connectivity index (χ4n) is 2.57. The van der Waals surface area contributed by atoms with Crippen LogP contribution in [0.4, 0.5) is 0 Å². The molecule has 5 nitrogen and oxygen atoms in total. The molecule has 20 heavy (non-hydrogen) atoms. The van der Waals surface area contributed by atoms with Crippen molar-refractivity contribution < 1.29 is 9.59 Å². The number of hydrogen-bond acceptors (Lipinski definition) is 3. The number of carbonyl (C=O) groups is 2. The van der Waals surface area contributed by atoms with Crippen LogP contribution in [0.5, 0.6) is 0 Å². The highest BCUT2D eigenvalue weighted by atomic mass is 16.2. The minimum atomic E-state index is -0.238. The normalized spacial score (nSPS) is 19.1. The highest BCUT2D eigenvalue weighted by Crippen LogP contribution is 2.32. The Hall–Kier alpha value is -1.10. The van der Waals surface area contributed by atoms with Gasteiger partial charge in [0.2, 0.25) is 11.8 Å². The number of amides is 2. The molecule has 2 amide bonds. The predicted molar refractivity (Wildman–Crippen MR) is 80.4 cm³/mol. The van der Waals surface area contributed by atoms with Crippen molar-refractivity contribution in [3.05, 3.63) is 0 Å². The Labute approximate surface area is 122 Å². The first kappa shape index (κ1) is 17.0. The van der Waals surface area contributed by atoms with Crippen molar-refractivity contribution in [3.8, 4) is 0 Å². The quantitative estimate of drug-likeness (QED) is 0.657. The summed E-state index contributed by atoms with van der Waals surface area (Å²) in [5.74, 6) is 0.119. The number of piperidine rings is 1. The van der Waals surface area contributed by atoms with Gasteiger partial charge in [0.15, 0.2) is 0 Å². The van der Waals surface area contributed by atoms with Gasteiger partial charge in [-0.2, -0.15) is 0 Å². The van der Waals surface area contributed by atoms with E-state index in [4.69, 9.17) is 0 Å². The minimum absolute atomic E-state index is 0.00973. The maximum absolute atomic E-state index is 12.3. The van der Waals surface area contributed by atoms with Crippen molar-refractivity contribution in [3.63, 3.8) is 0 Å². The summed E-state index contributed by atoms with van der Waals surface area (Å²) < 4.78 is 0. The first-order chi connectivity index (χ1) is 9.54. The van der Waals surface area contributed by atoms with E-state index in [-0.39, 0.29) is 23.3 Å². The summed E-state index contributed by atoms with van der Waals surface area (Å²) in [5.41, 5.74) is -0.238. The molecule has 5 heteroatoms. The van der Waals surface area contributed by atoms with Crippen molar-refractivity contribution in [2.45, 2.75) is 58.9 Å². The summed E-state index contributed by atoms with van der Waals surface area (Å²) in [5, 5.41) is 9.13. The fraction of sp³-hybridized carbons (Fsp3) is 0.867. The number of carbonyl (C=O) groups excluding carboxylic acids is 2. The molecule has 1 aliphatic heterocycles. The topological polar surface area (TPSA) is 70.2 Å². The molecule has 1 aliphatic rings. The Bertz CT molecular complexity index is 325. The highest BCUT2D eigenvalue weighted by Gasteiger charge is 2.37. The maximum Gasteiger partial charge on any atom is 0.226 e. The lowest BCUT2D eigenvalue weighted by molar-refractivity contribution is -0.133. The molecular weight excluding hydrogens is 254 g/mol. The second kappa shape index (κ2) is 8.25. The van der Waals surface area contributed by atoms with Crippen LogP contribution < -0.4 is 16.0 Å². The Balaban J connectivity index is 2.33. The molecule has 1 fully saturated rings. The SMILES string of the molecule is CCC(C)NC(=O)CCNC(=O)C1(CC)CCNCC1. The first-order valence-electron chi connectivity index (χ1n) is 7.82. The van der Waals surface area contributed by atoms with Crippen molar-refractivity contribution in [1.29, 1.82) is 0 Å². The Morgan fingerprint density at radius 3 is 2.45 bits per heavy atom. The summed E-state index contributed by atoms with van der Waals surface area (Å²) in [4.78, 5) is 24.0. The van der Waals surface area contributed by atoms with Crippen LogP contribution in [0.3, 0.4) is 0 Å². The van der Waals surface area contributed by atoms with Gasteiger partial charge in [-0.05, 0) is 45.7 Å². The van der Waals surface area contributed by atoms with Crippen LogP contribution in [0, 0.1) is 5.41 Å². The van der Waals surface area contributed by atoms with E-state index in [1.807, 2.05) is 13.8 Å². The lowest BCUT2D eigenvalue weighted by Crippen LogP contribution is -2.48. The fourth-order valence-corrected chi connectivity index (χ4v) is 2.57. The Morgan fingerprint density at radius 1 is 1.25 bits per heavy atom. The van der Waals surface area contributed by atoms with Gasteiger partial charge in [0.1, 0.15) is 0 Å². The van der Waals surface area contributed by atoms with Crippen molar-refractivity contribution in [2.24, 2.45) is 5.41 Å². The lowest BCUT2D eigenvalue weighted by atomic mass is 9.76. The third kappa shape index (κ3) is 4.78. The molecule has 1 unspecified atom stereocenters. The van der Waals surface area contributed by atoms with Gasteiger partial charge in [-0.3, -0.25) is 9.59 Å². The van der Waals surface area contributed by atoms with Crippen LogP contribution in [-0.4, -0.2) is 37.5 Å². The molecule has 1 saturated heterocycles. The van der Waals surface area contributed by atoms with Crippen LogP contribution in [0.2, 0.25) is 0 Å². The standard InChI is InChI=1S/C15H29N3O2/c1-4-12(3)18-13(19)6-9-17-14(20)15(5-2)7-10-16-11-8-15/h12,16H,4-11H2,1-3H3,(H,17,20)(H,18,19). The number of rotatable bonds is 7. The zero-order chi connectivity index (χ0) is 15.0. The third-order valence-corrected chi connectivity index (χ3v) is 4.38. The summed E-state index contributed by atoms with van der Waals surface area (Å²) >= 11 is 0. The second-order valence-corrected chi connectivity index (χ2v) is 5.77. The monoisotopic (exact) mass is 283 g/mol. The van der Waals surface area contributed by atoms with E-state index in [1.54, 1.807) is 0 Å².